The van der Waals surface area contributed by atoms with Gasteiger partial charge in [0.1, 0.15) is 11.6 Å². The first kappa shape index (κ1) is 13.9. The van der Waals surface area contributed by atoms with Gasteiger partial charge < -0.3 is 4.74 Å². The molecule has 0 radical (unpaired) electrons. The first-order valence-electron chi connectivity index (χ1n) is 6.48. The number of ether oxygens (including phenoxy) is 1. The average molecular weight is 356 g/mol. The van der Waals surface area contributed by atoms with Gasteiger partial charge in [0.25, 0.3) is 0 Å². The van der Waals surface area contributed by atoms with Crippen molar-refractivity contribution < 1.29 is 9.13 Å². The van der Waals surface area contributed by atoms with Crippen LogP contribution in [0.2, 0.25) is 0 Å². The summed E-state index contributed by atoms with van der Waals surface area (Å²) in [6, 6.07) is 10.7. The summed E-state index contributed by atoms with van der Waals surface area (Å²) in [5.74, 6) is 0.648. The Bertz CT molecular complexity index is 644. The number of rotatable bonds is 3. The Morgan fingerprint density at radius 3 is 2.90 bits per heavy atom. The second kappa shape index (κ2) is 5.74. The Balaban J connectivity index is 1.92. The van der Waals surface area contributed by atoms with Gasteiger partial charge in [0.2, 0.25) is 0 Å². The van der Waals surface area contributed by atoms with Crippen LogP contribution in [0, 0.1) is 5.82 Å². The number of halogens is 3. The summed E-state index contributed by atoms with van der Waals surface area (Å²) in [4.78, 5) is 0. The predicted molar refractivity (Wildman–Crippen MR) is 82.0 cm³/mol. The molecule has 0 aliphatic carbocycles. The van der Waals surface area contributed by atoms with Crippen molar-refractivity contribution in [3.63, 3.8) is 0 Å². The van der Waals surface area contributed by atoms with Crippen LogP contribution in [0.1, 0.15) is 22.1 Å². The maximum absolute atomic E-state index is 13.7. The molecule has 0 spiro atoms. The van der Waals surface area contributed by atoms with Gasteiger partial charge >= 0.3 is 0 Å². The van der Waals surface area contributed by atoms with Gasteiger partial charge in [-0.05, 0) is 35.7 Å². The van der Waals surface area contributed by atoms with Crippen molar-refractivity contribution >= 4 is 27.5 Å². The van der Waals surface area contributed by atoms with Crippen molar-refractivity contribution in [2.45, 2.75) is 18.2 Å². The second-order valence-corrected chi connectivity index (χ2v) is 6.29. The monoisotopic (exact) mass is 354 g/mol. The van der Waals surface area contributed by atoms with Crippen molar-refractivity contribution in [3.05, 3.63) is 63.4 Å². The van der Waals surface area contributed by atoms with Crippen LogP contribution in [0.3, 0.4) is 0 Å². The molecule has 1 aliphatic rings. The van der Waals surface area contributed by atoms with E-state index < -0.39 is 0 Å². The molecule has 104 valence electrons. The standard InChI is InChI=1S/C16H13BrClFO/c17-12-7-11-5-6-20-16(11)13(9-12)14(18)8-10-3-1-2-4-15(10)19/h1-4,7,9,14H,5-6,8H2. The lowest BCUT2D eigenvalue weighted by atomic mass is 10.0. The molecule has 0 fully saturated rings. The molecule has 0 bridgehead atoms. The maximum Gasteiger partial charge on any atom is 0.127 e. The maximum atomic E-state index is 13.7. The highest BCUT2D eigenvalue weighted by atomic mass is 79.9. The van der Waals surface area contributed by atoms with E-state index in [9.17, 15) is 4.39 Å². The molecule has 0 amide bonds. The molecule has 0 aromatic heterocycles. The minimum absolute atomic E-state index is 0.217. The summed E-state index contributed by atoms with van der Waals surface area (Å²) >= 11 is 10.00. The van der Waals surface area contributed by atoms with Gasteiger partial charge in [-0.15, -0.1) is 11.6 Å². The molecular formula is C16H13BrClFO. The van der Waals surface area contributed by atoms with Gasteiger partial charge in [0.05, 0.1) is 12.0 Å². The van der Waals surface area contributed by atoms with Crippen molar-refractivity contribution in [3.8, 4) is 5.75 Å². The van der Waals surface area contributed by atoms with E-state index in [1.54, 1.807) is 12.1 Å². The van der Waals surface area contributed by atoms with Crippen LogP contribution in [0.4, 0.5) is 4.39 Å². The molecule has 1 heterocycles. The summed E-state index contributed by atoms with van der Waals surface area (Å²) in [7, 11) is 0. The molecule has 1 aliphatic heterocycles. The van der Waals surface area contributed by atoms with E-state index in [-0.39, 0.29) is 11.2 Å². The topological polar surface area (TPSA) is 9.23 Å². The van der Waals surface area contributed by atoms with Crippen LogP contribution in [0.25, 0.3) is 0 Å². The van der Waals surface area contributed by atoms with Gasteiger partial charge in [-0.2, -0.15) is 0 Å². The average Bonchev–Trinajstić information content (AvgIpc) is 2.88. The third kappa shape index (κ3) is 2.70. The minimum Gasteiger partial charge on any atom is -0.493 e. The minimum atomic E-state index is -0.309. The number of benzene rings is 2. The van der Waals surface area contributed by atoms with E-state index in [2.05, 4.69) is 22.0 Å². The molecular weight excluding hydrogens is 343 g/mol. The quantitative estimate of drug-likeness (QED) is 0.700. The highest BCUT2D eigenvalue weighted by Gasteiger charge is 2.23. The van der Waals surface area contributed by atoms with Crippen molar-refractivity contribution in [2.24, 2.45) is 0 Å². The molecule has 2 aromatic carbocycles. The highest BCUT2D eigenvalue weighted by Crippen LogP contribution is 2.40. The van der Waals surface area contributed by atoms with Gasteiger partial charge in [-0.25, -0.2) is 4.39 Å². The molecule has 20 heavy (non-hydrogen) atoms. The van der Waals surface area contributed by atoms with Crippen molar-refractivity contribution in [1.82, 2.24) is 0 Å². The van der Waals surface area contributed by atoms with E-state index in [1.807, 2.05) is 12.1 Å². The molecule has 1 atom stereocenters. The Labute approximate surface area is 130 Å². The molecule has 1 unspecified atom stereocenters. The van der Waals surface area contributed by atoms with E-state index in [0.29, 0.717) is 18.6 Å². The van der Waals surface area contributed by atoms with Crippen LogP contribution < -0.4 is 4.74 Å². The zero-order valence-corrected chi connectivity index (χ0v) is 13.0. The van der Waals surface area contributed by atoms with Gasteiger partial charge in [0.15, 0.2) is 0 Å². The van der Waals surface area contributed by atoms with Crippen molar-refractivity contribution in [2.75, 3.05) is 6.61 Å². The summed E-state index contributed by atoms with van der Waals surface area (Å²) in [6.07, 6.45) is 1.34. The zero-order valence-electron chi connectivity index (χ0n) is 10.7. The summed E-state index contributed by atoms with van der Waals surface area (Å²) in [6.45, 7) is 0.683. The third-order valence-electron chi connectivity index (χ3n) is 3.47. The largest absolute Gasteiger partial charge is 0.493 e. The van der Waals surface area contributed by atoms with Crippen LogP contribution in [-0.4, -0.2) is 6.61 Å². The normalized spacial score (nSPS) is 14.8. The van der Waals surface area contributed by atoms with Crippen LogP contribution >= 0.6 is 27.5 Å². The Morgan fingerprint density at radius 2 is 2.10 bits per heavy atom. The fourth-order valence-electron chi connectivity index (χ4n) is 2.50. The Hall–Kier alpha value is -1.06. The zero-order chi connectivity index (χ0) is 14.1. The Kier molecular flexibility index (Phi) is 3.99. The lowest BCUT2D eigenvalue weighted by Crippen LogP contribution is -2.01. The van der Waals surface area contributed by atoms with Crippen LogP contribution in [-0.2, 0) is 12.8 Å². The van der Waals surface area contributed by atoms with Crippen molar-refractivity contribution in [1.29, 1.82) is 0 Å². The molecule has 2 aromatic rings. The highest BCUT2D eigenvalue weighted by molar-refractivity contribution is 9.10. The van der Waals surface area contributed by atoms with Gasteiger partial charge in [-0.1, -0.05) is 34.1 Å². The fraction of sp³-hybridized carbons (Fsp3) is 0.250. The SMILES string of the molecule is Fc1ccccc1CC(Cl)c1cc(Br)cc2c1OCC2. The lowest BCUT2D eigenvalue weighted by molar-refractivity contribution is 0.353. The van der Waals surface area contributed by atoms with Gasteiger partial charge in [0, 0.05) is 16.5 Å². The van der Waals surface area contributed by atoms with E-state index in [0.717, 1.165) is 27.8 Å². The van der Waals surface area contributed by atoms with E-state index in [4.69, 9.17) is 16.3 Å². The number of hydrogen-bond acceptors (Lipinski definition) is 1. The molecule has 0 saturated carbocycles. The van der Waals surface area contributed by atoms with Gasteiger partial charge in [-0.3, -0.25) is 0 Å². The molecule has 0 N–H and O–H groups in total. The second-order valence-electron chi connectivity index (χ2n) is 4.84. The third-order valence-corrected chi connectivity index (χ3v) is 4.32. The van der Waals surface area contributed by atoms with E-state index >= 15 is 0 Å². The predicted octanol–water partition coefficient (Wildman–Crippen LogP) is 5.05. The number of hydrogen-bond donors (Lipinski definition) is 0. The molecule has 4 heteroatoms. The fourth-order valence-corrected chi connectivity index (χ4v) is 3.35. The first-order chi connectivity index (χ1) is 9.65. The Morgan fingerprint density at radius 1 is 1.30 bits per heavy atom. The number of fused-ring (bicyclic) bond motifs is 1. The lowest BCUT2D eigenvalue weighted by Gasteiger charge is -2.15. The van der Waals surface area contributed by atoms with Crippen LogP contribution in [0.15, 0.2) is 40.9 Å². The molecule has 3 rings (SSSR count). The smallest absolute Gasteiger partial charge is 0.127 e. The first-order valence-corrected chi connectivity index (χ1v) is 7.70. The molecule has 1 nitrogen and oxygen atoms in total. The summed E-state index contributed by atoms with van der Waals surface area (Å²) < 4.78 is 20.4. The van der Waals surface area contributed by atoms with E-state index in [1.165, 1.54) is 6.07 Å². The molecule has 0 saturated heterocycles. The van der Waals surface area contributed by atoms with Crippen LogP contribution in [0.5, 0.6) is 5.75 Å². The number of alkyl halides is 1. The summed E-state index contributed by atoms with van der Waals surface area (Å²) in [5.41, 5.74) is 2.71. The summed E-state index contributed by atoms with van der Waals surface area (Å²) in [5, 5.41) is -0.309.